The molecule has 5 rings (SSSR count). The number of hydrogen-bond donors (Lipinski definition) is 1. The van der Waals surface area contributed by atoms with Crippen molar-refractivity contribution in [2.75, 3.05) is 5.32 Å². The zero-order chi connectivity index (χ0) is 32.3. The third kappa shape index (κ3) is 9.20. The topological polar surface area (TPSA) is 84.2 Å². The summed E-state index contributed by atoms with van der Waals surface area (Å²) in [5.74, 6) is 2.27. The largest absolute Gasteiger partial charge is 0.457 e. The van der Waals surface area contributed by atoms with Crippen molar-refractivity contribution in [1.29, 1.82) is 5.26 Å². The summed E-state index contributed by atoms with van der Waals surface area (Å²) in [5.41, 5.74) is 3.03. The minimum atomic E-state index is -0.343. The maximum atomic E-state index is 13.3. The lowest BCUT2D eigenvalue weighted by atomic mass is 10.2. The Morgan fingerprint density at radius 3 is 1.76 bits per heavy atom. The molecule has 0 spiro atoms. The molecule has 4 aromatic carbocycles. The molecule has 0 aliphatic carbocycles. The molecular weight excluding hydrogens is 625 g/mol. The Bertz CT molecular complexity index is 1800. The SMILES string of the molecule is CC(=O)Nc1cccnc1C(C#N)=C(SCc1cccc(Oc2ccc(F)cc2)c1)SCc1cccc(Oc2ccc(F)cc2)c1. The van der Waals surface area contributed by atoms with E-state index in [2.05, 4.69) is 16.4 Å². The van der Waals surface area contributed by atoms with Crippen LogP contribution in [0.3, 0.4) is 0 Å². The summed E-state index contributed by atoms with van der Waals surface area (Å²) in [4.78, 5) is 16.4. The van der Waals surface area contributed by atoms with Gasteiger partial charge in [0.2, 0.25) is 5.91 Å². The van der Waals surface area contributed by atoms with Crippen molar-refractivity contribution >= 4 is 40.7 Å². The number of hydrogen-bond acceptors (Lipinski definition) is 7. The maximum Gasteiger partial charge on any atom is 0.221 e. The molecule has 0 fully saturated rings. The molecule has 0 aliphatic heterocycles. The van der Waals surface area contributed by atoms with E-state index in [9.17, 15) is 18.8 Å². The molecule has 1 amide bonds. The zero-order valence-electron chi connectivity index (χ0n) is 24.6. The first-order chi connectivity index (χ1) is 22.4. The van der Waals surface area contributed by atoms with Gasteiger partial charge in [0, 0.05) is 24.6 Å². The number of aromatic nitrogens is 1. The fourth-order valence-corrected chi connectivity index (χ4v) is 6.46. The molecule has 0 saturated heterocycles. The summed E-state index contributed by atoms with van der Waals surface area (Å²) in [6.07, 6.45) is 1.58. The fraction of sp³-hybridized carbons (Fsp3) is 0.0833. The van der Waals surface area contributed by atoms with Gasteiger partial charge in [0.1, 0.15) is 46.4 Å². The number of carbonyl (C=O) groups is 1. The van der Waals surface area contributed by atoms with Gasteiger partial charge < -0.3 is 14.8 Å². The van der Waals surface area contributed by atoms with E-state index in [0.717, 1.165) is 11.1 Å². The average Bonchev–Trinajstić information content (AvgIpc) is 3.05. The van der Waals surface area contributed by atoms with Crippen LogP contribution in [0.25, 0.3) is 5.57 Å². The van der Waals surface area contributed by atoms with E-state index in [-0.39, 0.29) is 17.5 Å². The summed E-state index contributed by atoms with van der Waals surface area (Å²) in [7, 11) is 0. The summed E-state index contributed by atoms with van der Waals surface area (Å²) >= 11 is 2.94. The predicted molar refractivity (Wildman–Crippen MR) is 179 cm³/mol. The molecule has 0 unspecified atom stereocenters. The highest BCUT2D eigenvalue weighted by Gasteiger charge is 2.17. The number of nitriles is 1. The zero-order valence-corrected chi connectivity index (χ0v) is 26.2. The third-order valence-corrected chi connectivity index (χ3v) is 8.90. The van der Waals surface area contributed by atoms with Crippen LogP contribution in [0.4, 0.5) is 14.5 Å². The highest BCUT2D eigenvalue weighted by atomic mass is 32.2. The lowest BCUT2D eigenvalue weighted by molar-refractivity contribution is -0.114. The van der Waals surface area contributed by atoms with E-state index < -0.39 is 0 Å². The Morgan fingerprint density at radius 2 is 1.28 bits per heavy atom. The molecule has 10 heteroatoms. The number of amides is 1. The molecular formula is C36H27F2N3O3S2. The van der Waals surface area contributed by atoms with Crippen LogP contribution >= 0.6 is 23.5 Å². The number of carbonyl (C=O) groups excluding carboxylic acids is 1. The number of nitrogens with zero attached hydrogens (tertiary/aromatic N) is 2. The highest BCUT2D eigenvalue weighted by Crippen LogP contribution is 2.41. The molecule has 1 N–H and O–H groups in total. The van der Waals surface area contributed by atoms with Crippen molar-refractivity contribution in [3.05, 3.63) is 148 Å². The monoisotopic (exact) mass is 651 g/mol. The minimum absolute atomic E-state index is 0.274. The molecule has 0 aliphatic rings. The Hall–Kier alpha value is -5.11. The Kier molecular flexibility index (Phi) is 11.1. The number of allylic oxidation sites excluding steroid dienone is 1. The predicted octanol–water partition coefficient (Wildman–Crippen LogP) is 9.96. The van der Waals surface area contributed by atoms with E-state index in [0.29, 0.717) is 55.7 Å². The number of pyridine rings is 1. The number of anilines is 1. The second-order valence-corrected chi connectivity index (χ2v) is 12.1. The van der Waals surface area contributed by atoms with Crippen LogP contribution in [-0.2, 0) is 16.3 Å². The fourth-order valence-electron chi connectivity index (χ4n) is 4.25. The van der Waals surface area contributed by atoms with Crippen molar-refractivity contribution in [1.82, 2.24) is 4.98 Å². The van der Waals surface area contributed by atoms with Gasteiger partial charge in [0.05, 0.1) is 15.5 Å². The third-order valence-electron chi connectivity index (χ3n) is 6.31. The molecule has 0 saturated carbocycles. The lowest BCUT2D eigenvalue weighted by Gasteiger charge is -2.14. The van der Waals surface area contributed by atoms with Gasteiger partial charge in [0.15, 0.2) is 0 Å². The van der Waals surface area contributed by atoms with E-state index in [1.54, 1.807) is 42.6 Å². The average molecular weight is 652 g/mol. The van der Waals surface area contributed by atoms with Crippen molar-refractivity contribution < 1.29 is 23.0 Å². The normalized spacial score (nSPS) is 10.5. The van der Waals surface area contributed by atoms with Crippen LogP contribution in [0.2, 0.25) is 0 Å². The first-order valence-electron chi connectivity index (χ1n) is 14.0. The van der Waals surface area contributed by atoms with Gasteiger partial charge in [-0.25, -0.2) is 8.78 Å². The summed E-state index contributed by atoms with van der Waals surface area (Å²) < 4.78 is 39.2. The van der Waals surface area contributed by atoms with Gasteiger partial charge in [0.25, 0.3) is 0 Å². The molecule has 1 aromatic heterocycles. The quantitative estimate of drug-likeness (QED) is 0.134. The summed E-state index contributed by atoms with van der Waals surface area (Å²) in [6, 6.07) is 32.4. The van der Waals surface area contributed by atoms with Crippen LogP contribution in [0.15, 0.2) is 120 Å². The number of nitrogens with one attached hydrogen (secondary N) is 1. The maximum absolute atomic E-state index is 13.3. The Morgan fingerprint density at radius 1 is 0.761 bits per heavy atom. The van der Waals surface area contributed by atoms with Crippen LogP contribution < -0.4 is 14.8 Å². The highest BCUT2D eigenvalue weighted by molar-refractivity contribution is 8.21. The first kappa shape index (κ1) is 32.3. The van der Waals surface area contributed by atoms with E-state index in [1.165, 1.54) is 54.7 Å². The van der Waals surface area contributed by atoms with E-state index >= 15 is 0 Å². The van der Waals surface area contributed by atoms with Crippen molar-refractivity contribution in [2.45, 2.75) is 18.4 Å². The molecule has 6 nitrogen and oxygen atoms in total. The Labute approximate surface area is 274 Å². The molecule has 1 heterocycles. The van der Waals surface area contributed by atoms with Crippen molar-refractivity contribution in [2.24, 2.45) is 0 Å². The summed E-state index contributed by atoms with van der Waals surface area (Å²) in [5, 5.41) is 13.2. The molecule has 0 radical (unpaired) electrons. The molecule has 46 heavy (non-hydrogen) atoms. The van der Waals surface area contributed by atoms with Gasteiger partial charge >= 0.3 is 0 Å². The van der Waals surface area contributed by atoms with E-state index in [4.69, 9.17) is 9.47 Å². The second-order valence-electron chi connectivity index (χ2n) is 9.84. The van der Waals surface area contributed by atoms with Crippen LogP contribution in [0.1, 0.15) is 23.7 Å². The molecule has 0 bridgehead atoms. The van der Waals surface area contributed by atoms with Gasteiger partial charge in [-0.05, 0) is 96.1 Å². The van der Waals surface area contributed by atoms with Crippen LogP contribution in [0, 0.1) is 23.0 Å². The smallest absolute Gasteiger partial charge is 0.221 e. The van der Waals surface area contributed by atoms with Crippen molar-refractivity contribution in [3.63, 3.8) is 0 Å². The van der Waals surface area contributed by atoms with Gasteiger partial charge in [-0.1, -0.05) is 24.3 Å². The number of thioether (sulfide) groups is 2. The second kappa shape index (κ2) is 15.8. The number of halogens is 2. The van der Waals surface area contributed by atoms with Gasteiger partial charge in [-0.2, -0.15) is 5.26 Å². The molecule has 0 atom stereocenters. The molecule has 5 aromatic rings. The standard InChI is InChI=1S/C36H27F2N3O3S2/c1-24(42)41-34-9-4-18-40-35(34)33(21-39)36(45-22-25-5-2-7-31(19-25)43-29-14-10-27(37)11-15-29)46-23-26-6-3-8-32(20-26)44-30-16-12-28(38)13-17-30/h2-20H,22-23H2,1H3,(H,41,42). The number of rotatable bonds is 12. The Balaban J connectivity index is 1.40. The lowest BCUT2D eigenvalue weighted by Crippen LogP contribution is -2.09. The van der Waals surface area contributed by atoms with E-state index in [1.807, 2.05) is 48.5 Å². The molecule has 230 valence electrons. The first-order valence-corrected chi connectivity index (χ1v) is 16.0. The van der Waals surface area contributed by atoms with Crippen LogP contribution in [-0.4, -0.2) is 10.9 Å². The number of ether oxygens (including phenoxy) is 2. The summed E-state index contributed by atoms with van der Waals surface area (Å²) in [6.45, 7) is 1.40. The van der Waals surface area contributed by atoms with Crippen LogP contribution in [0.5, 0.6) is 23.0 Å². The van der Waals surface area contributed by atoms with Gasteiger partial charge in [-0.15, -0.1) is 23.5 Å². The minimum Gasteiger partial charge on any atom is -0.457 e. The van der Waals surface area contributed by atoms with Gasteiger partial charge in [-0.3, -0.25) is 9.78 Å². The number of benzene rings is 4. The van der Waals surface area contributed by atoms with Crippen molar-refractivity contribution in [3.8, 4) is 29.1 Å².